The van der Waals surface area contributed by atoms with Crippen molar-refractivity contribution in [2.75, 3.05) is 14.2 Å². The number of thiophene rings is 1. The van der Waals surface area contributed by atoms with Gasteiger partial charge in [-0.3, -0.25) is 0 Å². The van der Waals surface area contributed by atoms with Crippen LogP contribution < -0.4 is 0 Å². The van der Waals surface area contributed by atoms with Crippen molar-refractivity contribution in [3.05, 3.63) is 28.6 Å². The molecule has 0 N–H and O–H groups in total. The van der Waals surface area contributed by atoms with Crippen LogP contribution in [0.1, 0.15) is 12.0 Å². The largest absolute Gasteiger partial charge is 0.350 e. The zero-order valence-electron chi connectivity index (χ0n) is 8.47. The molecule has 0 aromatic carbocycles. The van der Waals surface area contributed by atoms with E-state index in [4.69, 9.17) is 9.47 Å². The molecule has 3 nitrogen and oxygen atoms in total. The maximum atomic E-state index is 5.14. The minimum Gasteiger partial charge on any atom is -0.350 e. The number of nitrogens with zero attached hydrogens (tertiary/aromatic N) is 1. The topological polar surface area (TPSA) is 31.4 Å². The van der Waals surface area contributed by atoms with Crippen LogP contribution in [-0.2, 0) is 9.47 Å². The van der Waals surface area contributed by atoms with Crippen molar-refractivity contribution in [3.63, 3.8) is 0 Å². The van der Waals surface area contributed by atoms with Gasteiger partial charge in [0.25, 0.3) is 0 Å². The van der Waals surface area contributed by atoms with Crippen LogP contribution in [-0.4, -0.2) is 19.2 Å². The SMILES string of the molecule is COC(OC)c1csc(-c2cccs2)n1. The predicted molar refractivity (Wildman–Crippen MR) is 62.2 cm³/mol. The normalized spacial score (nSPS) is 11.1. The van der Waals surface area contributed by atoms with Crippen molar-refractivity contribution in [3.8, 4) is 9.88 Å². The molecule has 80 valence electrons. The van der Waals surface area contributed by atoms with Crippen molar-refractivity contribution in [2.24, 2.45) is 0 Å². The molecule has 0 unspecified atom stereocenters. The highest BCUT2D eigenvalue weighted by Crippen LogP contribution is 2.30. The fourth-order valence-electron chi connectivity index (χ4n) is 1.25. The first-order valence-electron chi connectivity index (χ1n) is 4.40. The summed E-state index contributed by atoms with van der Waals surface area (Å²) in [5.41, 5.74) is 0.827. The molecule has 5 heteroatoms. The van der Waals surface area contributed by atoms with Gasteiger partial charge in [0.2, 0.25) is 6.29 Å². The third-order valence-corrected chi connectivity index (χ3v) is 3.82. The van der Waals surface area contributed by atoms with E-state index < -0.39 is 0 Å². The molecule has 0 amide bonds. The number of rotatable bonds is 4. The molecule has 15 heavy (non-hydrogen) atoms. The van der Waals surface area contributed by atoms with E-state index in [0.29, 0.717) is 0 Å². The summed E-state index contributed by atoms with van der Waals surface area (Å²) < 4.78 is 10.3. The molecule has 2 aromatic rings. The van der Waals surface area contributed by atoms with E-state index in [9.17, 15) is 0 Å². The number of hydrogen-bond acceptors (Lipinski definition) is 5. The number of thiazole rings is 1. The van der Waals surface area contributed by atoms with Crippen LogP contribution in [0.15, 0.2) is 22.9 Å². The van der Waals surface area contributed by atoms with Gasteiger partial charge in [0, 0.05) is 19.6 Å². The van der Waals surface area contributed by atoms with Gasteiger partial charge >= 0.3 is 0 Å². The highest BCUT2D eigenvalue weighted by molar-refractivity contribution is 7.20. The quantitative estimate of drug-likeness (QED) is 0.770. The number of aromatic nitrogens is 1. The van der Waals surface area contributed by atoms with Crippen LogP contribution in [0.5, 0.6) is 0 Å². The third kappa shape index (κ3) is 2.26. The maximum absolute atomic E-state index is 5.14. The van der Waals surface area contributed by atoms with E-state index in [2.05, 4.69) is 11.1 Å². The lowest BCUT2D eigenvalue weighted by molar-refractivity contribution is -0.108. The van der Waals surface area contributed by atoms with Crippen molar-refractivity contribution in [2.45, 2.75) is 6.29 Å². The van der Waals surface area contributed by atoms with E-state index in [0.717, 1.165) is 10.7 Å². The molecule has 0 aliphatic heterocycles. The Hall–Kier alpha value is -0.750. The van der Waals surface area contributed by atoms with E-state index in [1.165, 1.54) is 4.88 Å². The molecular weight excluding hydrogens is 230 g/mol. The summed E-state index contributed by atoms with van der Waals surface area (Å²) in [6, 6.07) is 4.08. The molecular formula is C10H11NO2S2. The molecule has 0 radical (unpaired) electrons. The Morgan fingerprint density at radius 1 is 1.27 bits per heavy atom. The first-order chi connectivity index (χ1) is 7.35. The zero-order chi connectivity index (χ0) is 10.7. The molecule has 2 heterocycles. The molecule has 0 spiro atoms. The molecule has 0 aliphatic carbocycles. The fourth-order valence-corrected chi connectivity index (χ4v) is 2.88. The minimum absolute atomic E-state index is 0.366. The lowest BCUT2D eigenvalue weighted by Crippen LogP contribution is -2.03. The summed E-state index contributed by atoms with van der Waals surface area (Å²) in [4.78, 5) is 5.65. The molecule has 0 fully saturated rings. The second kappa shape index (κ2) is 4.85. The van der Waals surface area contributed by atoms with Crippen LogP contribution in [0.25, 0.3) is 9.88 Å². The average Bonchev–Trinajstić information content (AvgIpc) is 2.89. The molecule has 2 aromatic heterocycles. The first-order valence-corrected chi connectivity index (χ1v) is 6.16. The van der Waals surface area contributed by atoms with Gasteiger partial charge in [-0.05, 0) is 11.4 Å². The minimum atomic E-state index is -0.366. The molecule has 0 aliphatic rings. The first kappa shape index (κ1) is 10.8. The maximum Gasteiger partial charge on any atom is 0.201 e. The summed E-state index contributed by atoms with van der Waals surface area (Å²) in [6.07, 6.45) is -0.366. The van der Waals surface area contributed by atoms with E-state index in [1.807, 2.05) is 16.8 Å². The Balaban J connectivity index is 2.24. The van der Waals surface area contributed by atoms with Crippen LogP contribution in [0.3, 0.4) is 0 Å². The summed E-state index contributed by atoms with van der Waals surface area (Å²) in [5.74, 6) is 0. The van der Waals surface area contributed by atoms with Gasteiger partial charge in [-0.15, -0.1) is 22.7 Å². The van der Waals surface area contributed by atoms with E-state index >= 15 is 0 Å². The zero-order valence-corrected chi connectivity index (χ0v) is 10.1. The monoisotopic (exact) mass is 241 g/mol. The molecule has 0 bridgehead atoms. The van der Waals surface area contributed by atoms with Crippen LogP contribution >= 0.6 is 22.7 Å². The predicted octanol–water partition coefficient (Wildman–Crippen LogP) is 3.16. The van der Waals surface area contributed by atoms with Crippen molar-refractivity contribution in [1.29, 1.82) is 0 Å². The Bertz CT molecular complexity index is 407. The number of methoxy groups -OCH3 is 2. The van der Waals surface area contributed by atoms with E-state index in [1.54, 1.807) is 36.9 Å². The lowest BCUT2D eigenvalue weighted by Gasteiger charge is -2.09. The highest BCUT2D eigenvalue weighted by atomic mass is 32.1. The van der Waals surface area contributed by atoms with E-state index in [-0.39, 0.29) is 6.29 Å². The highest BCUT2D eigenvalue weighted by Gasteiger charge is 2.14. The molecule has 0 atom stereocenters. The van der Waals surface area contributed by atoms with Gasteiger partial charge in [-0.2, -0.15) is 0 Å². The summed E-state index contributed by atoms with van der Waals surface area (Å²) in [5, 5.41) is 5.02. The lowest BCUT2D eigenvalue weighted by atomic mass is 10.4. The Kier molecular flexibility index (Phi) is 3.48. The average molecular weight is 241 g/mol. The Morgan fingerprint density at radius 2 is 2.07 bits per heavy atom. The van der Waals surface area contributed by atoms with Gasteiger partial charge in [-0.1, -0.05) is 6.07 Å². The van der Waals surface area contributed by atoms with Crippen molar-refractivity contribution < 1.29 is 9.47 Å². The summed E-state index contributed by atoms with van der Waals surface area (Å²) in [6.45, 7) is 0. The van der Waals surface area contributed by atoms with Gasteiger partial charge in [0.15, 0.2) is 0 Å². The van der Waals surface area contributed by atoms with Crippen molar-refractivity contribution >= 4 is 22.7 Å². The van der Waals surface area contributed by atoms with Crippen molar-refractivity contribution in [1.82, 2.24) is 4.98 Å². The third-order valence-electron chi connectivity index (χ3n) is 1.92. The Labute approximate surface area is 96.3 Å². The fraction of sp³-hybridized carbons (Fsp3) is 0.300. The van der Waals surface area contributed by atoms with Crippen LogP contribution in [0.4, 0.5) is 0 Å². The smallest absolute Gasteiger partial charge is 0.201 e. The second-order valence-corrected chi connectivity index (χ2v) is 4.66. The molecule has 0 saturated carbocycles. The van der Waals surface area contributed by atoms with Crippen LogP contribution in [0, 0.1) is 0 Å². The summed E-state index contributed by atoms with van der Waals surface area (Å²) >= 11 is 3.29. The summed E-state index contributed by atoms with van der Waals surface area (Å²) in [7, 11) is 3.22. The molecule has 0 saturated heterocycles. The van der Waals surface area contributed by atoms with Gasteiger partial charge in [0.05, 0.1) is 4.88 Å². The number of hydrogen-bond donors (Lipinski definition) is 0. The number of ether oxygens (including phenoxy) is 2. The molecule has 2 rings (SSSR count). The van der Waals surface area contributed by atoms with Crippen LogP contribution in [0.2, 0.25) is 0 Å². The van der Waals surface area contributed by atoms with Gasteiger partial charge in [-0.25, -0.2) is 4.98 Å². The van der Waals surface area contributed by atoms with Gasteiger partial charge in [0.1, 0.15) is 10.7 Å². The second-order valence-electron chi connectivity index (χ2n) is 2.86. The Morgan fingerprint density at radius 3 is 2.67 bits per heavy atom. The standard InChI is InChI=1S/C10H11NO2S2/c1-12-10(13-2)7-6-15-9(11-7)8-4-3-5-14-8/h3-6,10H,1-2H3. The van der Waals surface area contributed by atoms with Gasteiger partial charge < -0.3 is 9.47 Å².